The number of carbonyl (C=O) groups is 1. The van der Waals surface area contributed by atoms with Gasteiger partial charge < -0.3 is 20.3 Å². The van der Waals surface area contributed by atoms with Crippen LogP contribution >= 0.6 is 0 Å². The maximum atomic E-state index is 12.9. The molecule has 0 radical (unpaired) electrons. The number of fused-ring (bicyclic) bond motifs is 3. The maximum absolute atomic E-state index is 12.9. The van der Waals surface area contributed by atoms with Crippen LogP contribution in [0.2, 0.25) is 0 Å². The van der Waals surface area contributed by atoms with E-state index in [9.17, 15) is 4.79 Å². The van der Waals surface area contributed by atoms with Gasteiger partial charge in [0.25, 0.3) is 5.91 Å². The molecule has 196 valence electrons. The van der Waals surface area contributed by atoms with Crippen LogP contribution in [0.1, 0.15) is 60.9 Å². The minimum atomic E-state index is -0.0803. The number of amides is 1. The summed E-state index contributed by atoms with van der Waals surface area (Å²) in [7, 11) is 5.72. The van der Waals surface area contributed by atoms with E-state index < -0.39 is 0 Å². The Morgan fingerprint density at radius 2 is 1.89 bits per heavy atom. The molecular weight excluding hydrogens is 466 g/mol. The van der Waals surface area contributed by atoms with E-state index in [1.54, 1.807) is 13.2 Å². The monoisotopic (exact) mass is 503 g/mol. The average Bonchev–Trinajstić information content (AvgIpc) is 3.22. The summed E-state index contributed by atoms with van der Waals surface area (Å²) in [6.07, 6.45) is 5.59. The van der Waals surface area contributed by atoms with Gasteiger partial charge in [0.15, 0.2) is 0 Å². The largest absolute Gasteiger partial charge is 0.495 e. The molecule has 0 atom stereocenters. The van der Waals surface area contributed by atoms with E-state index in [1.807, 2.05) is 30.1 Å². The lowest BCUT2D eigenvalue weighted by molar-refractivity contribution is 0.0916. The fraction of sp³-hybridized carbons (Fsp3) is 0.500. The van der Waals surface area contributed by atoms with Gasteiger partial charge in [-0.3, -0.25) is 9.48 Å². The van der Waals surface area contributed by atoms with E-state index in [0.29, 0.717) is 22.9 Å². The maximum Gasteiger partial charge on any atom is 0.251 e. The van der Waals surface area contributed by atoms with Crippen LogP contribution in [-0.2, 0) is 25.3 Å². The molecule has 1 fully saturated rings. The zero-order valence-corrected chi connectivity index (χ0v) is 22.7. The second-order valence-electron chi connectivity index (χ2n) is 11.2. The number of likely N-dealkylation sites (tertiary alicyclic amines) is 1. The molecule has 5 rings (SSSR count). The summed E-state index contributed by atoms with van der Waals surface area (Å²) >= 11 is 0. The van der Waals surface area contributed by atoms with E-state index in [2.05, 4.69) is 48.3 Å². The minimum Gasteiger partial charge on any atom is -0.495 e. The van der Waals surface area contributed by atoms with Crippen LogP contribution in [0.25, 0.3) is 11.3 Å². The first-order valence-corrected chi connectivity index (χ1v) is 13.0. The summed E-state index contributed by atoms with van der Waals surface area (Å²) in [5.41, 5.74) is 6.64. The fourth-order valence-electron chi connectivity index (χ4n) is 5.46. The summed E-state index contributed by atoms with van der Waals surface area (Å²) in [6.45, 7) is 8.60. The Morgan fingerprint density at radius 3 is 2.59 bits per heavy atom. The van der Waals surface area contributed by atoms with Crippen LogP contribution in [0, 0.1) is 0 Å². The van der Waals surface area contributed by atoms with Gasteiger partial charge in [0.2, 0.25) is 5.95 Å². The van der Waals surface area contributed by atoms with Crippen LogP contribution in [-0.4, -0.2) is 63.8 Å². The van der Waals surface area contributed by atoms with Crippen LogP contribution in [0.4, 0.5) is 11.6 Å². The Labute approximate surface area is 218 Å². The van der Waals surface area contributed by atoms with Gasteiger partial charge in [0, 0.05) is 35.8 Å². The third-order valence-electron chi connectivity index (χ3n) is 7.33. The molecule has 0 saturated carbocycles. The molecule has 2 aromatic heterocycles. The molecule has 0 unspecified atom stereocenters. The first-order chi connectivity index (χ1) is 17.6. The SMILES string of the molecule is COc1cc(C(=O)NC2CCN(C)CC2)ccc1Nc1ncc2c(n1)-c1c(nn(C)c1C(C)(C)C)CC2. The molecule has 1 aliphatic heterocycles. The molecule has 1 aromatic carbocycles. The number of aryl methyl sites for hydroxylation is 3. The predicted octanol–water partition coefficient (Wildman–Crippen LogP) is 3.85. The number of hydrogen-bond acceptors (Lipinski definition) is 7. The molecule has 0 spiro atoms. The van der Waals surface area contributed by atoms with Crippen molar-refractivity contribution in [3.05, 3.63) is 46.9 Å². The number of nitrogens with zero attached hydrogens (tertiary/aromatic N) is 5. The van der Waals surface area contributed by atoms with Crippen molar-refractivity contribution < 1.29 is 9.53 Å². The summed E-state index contributed by atoms with van der Waals surface area (Å²) in [5.74, 6) is 0.968. The van der Waals surface area contributed by atoms with Crippen LogP contribution in [0.5, 0.6) is 5.75 Å². The molecule has 9 heteroatoms. The molecule has 2 aliphatic rings. The van der Waals surface area contributed by atoms with Gasteiger partial charge in [-0.2, -0.15) is 5.10 Å². The number of anilines is 2. The third-order valence-corrected chi connectivity index (χ3v) is 7.33. The summed E-state index contributed by atoms with van der Waals surface area (Å²) in [5, 5.41) is 11.3. The number of aromatic nitrogens is 4. The number of benzene rings is 1. The smallest absolute Gasteiger partial charge is 0.251 e. The highest BCUT2D eigenvalue weighted by molar-refractivity contribution is 5.95. The predicted molar refractivity (Wildman–Crippen MR) is 145 cm³/mol. The zero-order valence-electron chi connectivity index (χ0n) is 22.7. The number of methoxy groups -OCH3 is 1. The molecule has 3 heterocycles. The van der Waals surface area contributed by atoms with E-state index >= 15 is 0 Å². The first kappa shape index (κ1) is 25.2. The number of ether oxygens (including phenoxy) is 1. The van der Waals surface area contributed by atoms with Gasteiger partial charge >= 0.3 is 0 Å². The van der Waals surface area contributed by atoms with Crippen molar-refractivity contribution in [2.45, 2.75) is 57.9 Å². The second-order valence-corrected chi connectivity index (χ2v) is 11.2. The normalized spacial score (nSPS) is 16.2. The fourth-order valence-corrected chi connectivity index (χ4v) is 5.46. The lowest BCUT2D eigenvalue weighted by atomic mass is 9.84. The van der Waals surface area contributed by atoms with Crippen molar-refractivity contribution >= 4 is 17.5 Å². The first-order valence-electron chi connectivity index (χ1n) is 13.0. The zero-order chi connectivity index (χ0) is 26.3. The van der Waals surface area contributed by atoms with Gasteiger partial charge in [-0.05, 0) is 69.6 Å². The second kappa shape index (κ2) is 9.78. The molecule has 2 N–H and O–H groups in total. The molecule has 37 heavy (non-hydrogen) atoms. The Kier molecular flexibility index (Phi) is 6.66. The molecule has 9 nitrogen and oxygen atoms in total. The van der Waals surface area contributed by atoms with E-state index in [1.165, 1.54) is 5.69 Å². The highest BCUT2D eigenvalue weighted by atomic mass is 16.5. The number of rotatable bonds is 5. The van der Waals surface area contributed by atoms with Crippen LogP contribution in [0.3, 0.4) is 0 Å². The van der Waals surface area contributed by atoms with E-state index in [-0.39, 0.29) is 17.4 Å². The van der Waals surface area contributed by atoms with Crippen LogP contribution in [0.15, 0.2) is 24.4 Å². The van der Waals surface area contributed by atoms with Gasteiger partial charge in [0.05, 0.1) is 29.9 Å². The molecule has 3 aromatic rings. The van der Waals surface area contributed by atoms with Gasteiger partial charge in [-0.15, -0.1) is 0 Å². The van der Waals surface area contributed by atoms with Gasteiger partial charge in [-0.1, -0.05) is 20.8 Å². The van der Waals surface area contributed by atoms with Crippen LogP contribution < -0.4 is 15.4 Å². The summed E-state index contributed by atoms with van der Waals surface area (Å²) in [4.78, 5) is 24.7. The molecule has 1 aliphatic carbocycles. The van der Waals surface area contributed by atoms with Gasteiger partial charge in [0.1, 0.15) is 5.75 Å². The Bertz CT molecular complexity index is 1320. The Morgan fingerprint density at radius 1 is 1.14 bits per heavy atom. The van der Waals surface area contributed by atoms with Crippen molar-refractivity contribution in [3.63, 3.8) is 0 Å². The van der Waals surface area contributed by atoms with Crippen molar-refractivity contribution in [3.8, 4) is 17.0 Å². The molecule has 0 bridgehead atoms. The molecule has 1 amide bonds. The van der Waals surface area contributed by atoms with Gasteiger partial charge in [-0.25, -0.2) is 9.97 Å². The summed E-state index contributed by atoms with van der Waals surface area (Å²) < 4.78 is 7.62. The quantitative estimate of drug-likeness (QED) is 0.546. The Balaban J connectivity index is 1.39. The molecular formula is C28H37N7O2. The highest BCUT2D eigenvalue weighted by Gasteiger charge is 2.31. The van der Waals surface area contributed by atoms with Crippen molar-refractivity contribution in [1.82, 2.24) is 30.0 Å². The van der Waals surface area contributed by atoms with Crippen molar-refractivity contribution in [1.29, 1.82) is 0 Å². The van der Waals surface area contributed by atoms with Crippen molar-refractivity contribution in [2.24, 2.45) is 7.05 Å². The van der Waals surface area contributed by atoms with E-state index in [0.717, 1.165) is 61.3 Å². The number of piperidine rings is 1. The highest BCUT2D eigenvalue weighted by Crippen LogP contribution is 2.40. The molecule has 1 saturated heterocycles. The topological polar surface area (TPSA) is 97.2 Å². The average molecular weight is 504 g/mol. The van der Waals surface area contributed by atoms with Crippen molar-refractivity contribution in [2.75, 3.05) is 32.6 Å². The lowest BCUT2D eigenvalue weighted by Gasteiger charge is -2.29. The third kappa shape index (κ3) is 5.05. The lowest BCUT2D eigenvalue weighted by Crippen LogP contribution is -2.43. The number of hydrogen-bond donors (Lipinski definition) is 2. The number of nitrogens with one attached hydrogen (secondary N) is 2. The minimum absolute atomic E-state index is 0.0738. The Hall–Kier alpha value is -3.46. The summed E-state index contributed by atoms with van der Waals surface area (Å²) in [6, 6.07) is 5.63. The van der Waals surface area contributed by atoms with E-state index in [4.69, 9.17) is 14.8 Å². The standard InChI is InChI=1S/C28H37N7O2/c1-28(2,3)25-23-21(33-35(25)5)10-8-18-16-29-27(32-24(18)23)31-20-9-7-17(15-22(20)37-6)26(36)30-19-11-13-34(4)14-12-19/h7,9,15-16,19H,8,10-14H2,1-6H3,(H,30,36)(H,29,31,32). The number of carbonyl (C=O) groups excluding carboxylic acids is 1.